The fraction of sp³-hybridized carbons (Fsp3) is 0.231. The second-order valence-electron chi connectivity index (χ2n) is 4.13. The van der Waals surface area contributed by atoms with Gasteiger partial charge in [0.2, 0.25) is 10.0 Å². The molecule has 0 aliphatic rings. The first-order valence-corrected chi connectivity index (χ1v) is 7.45. The van der Waals surface area contributed by atoms with Crippen LogP contribution in [0.1, 0.15) is 6.42 Å². The molecule has 0 unspecified atom stereocenters. The molecule has 0 aromatic heterocycles. The van der Waals surface area contributed by atoms with E-state index in [-0.39, 0.29) is 5.75 Å². The third-order valence-electron chi connectivity index (χ3n) is 2.64. The molecule has 2 rings (SSSR count). The minimum Gasteiger partial charge on any atom is -0.330 e. The van der Waals surface area contributed by atoms with E-state index in [1.54, 1.807) is 6.07 Å². The van der Waals surface area contributed by atoms with Crippen LogP contribution in [0, 0.1) is 0 Å². The predicted molar refractivity (Wildman–Crippen MR) is 75.0 cm³/mol. The average molecular weight is 264 g/mol. The molecule has 0 heterocycles. The number of sulfonamides is 1. The van der Waals surface area contributed by atoms with Crippen LogP contribution in [0.25, 0.3) is 10.8 Å². The van der Waals surface area contributed by atoms with Gasteiger partial charge in [0.15, 0.2) is 0 Å². The molecule has 0 atom stereocenters. The maximum Gasteiger partial charge on any atom is 0.232 e. The summed E-state index contributed by atoms with van der Waals surface area (Å²) in [7, 11) is -3.30. The molecule has 5 heteroatoms. The van der Waals surface area contributed by atoms with Gasteiger partial charge in [-0.1, -0.05) is 30.3 Å². The summed E-state index contributed by atoms with van der Waals surface area (Å²) in [5.74, 6) is 0.0519. The van der Waals surface area contributed by atoms with Crippen LogP contribution in [-0.2, 0) is 10.0 Å². The second-order valence-corrected chi connectivity index (χ2v) is 5.97. The van der Waals surface area contributed by atoms with Crippen molar-refractivity contribution in [3.8, 4) is 0 Å². The minimum atomic E-state index is -3.30. The van der Waals surface area contributed by atoms with E-state index >= 15 is 0 Å². The number of rotatable bonds is 5. The molecule has 4 nitrogen and oxygen atoms in total. The van der Waals surface area contributed by atoms with Crippen LogP contribution in [0.15, 0.2) is 42.5 Å². The van der Waals surface area contributed by atoms with Gasteiger partial charge in [-0.25, -0.2) is 8.42 Å². The van der Waals surface area contributed by atoms with Crippen LogP contribution in [0.5, 0.6) is 0 Å². The van der Waals surface area contributed by atoms with E-state index in [1.165, 1.54) is 0 Å². The SMILES string of the molecule is NCCCS(=O)(=O)Nc1ccc2ccccc2c1. The van der Waals surface area contributed by atoms with Crippen molar-refractivity contribution in [2.24, 2.45) is 5.73 Å². The molecule has 18 heavy (non-hydrogen) atoms. The molecule has 0 saturated heterocycles. The summed E-state index contributed by atoms with van der Waals surface area (Å²) in [6.07, 6.45) is 0.461. The van der Waals surface area contributed by atoms with Crippen LogP contribution in [0.2, 0.25) is 0 Å². The largest absolute Gasteiger partial charge is 0.330 e. The van der Waals surface area contributed by atoms with Crippen molar-refractivity contribution < 1.29 is 8.42 Å². The highest BCUT2D eigenvalue weighted by molar-refractivity contribution is 7.92. The number of benzene rings is 2. The normalized spacial score (nSPS) is 11.6. The van der Waals surface area contributed by atoms with Gasteiger partial charge in [-0.05, 0) is 35.9 Å². The average Bonchev–Trinajstić information content (AvgIpc) is 2.36. The van der Waals surface area contributed by atoms with Crippen molar-refractivity contribution in [2.75, 3.05) is 17.0 Å². The zero-order chi connectivity index (χ0) is 13.0. The molecule has 0 amide bonds. The lowest BCUT2D eigenvalue weighted by Crippen LogP contribution is -2.18. The van der Waals surface area contributed by atoms with Crippen LogP contribution in [0.3, 0.4) is 0 Å². The van der Waals surface area contributed by atoms with E-state index in [4.69, 9.17) is 5.73 Å². The smallest absolute Gasteiger partial charge is 0.232 e. The van der Waals surface area contributed by atoms with E-state index in [9.17, 15) is 8.42 Å². The monoisotopic (exact) mass is 264 g/mol. The Kier molecular flexibility index (Phi) is 3.84. The summed E-state index contributed by atoms with van der Waals surface area (Å²) in [6, 6.07) is 13.3. The van der Waals surface area contributed by atoms with Gasteiger partial charge in [0, 0.05) is 5.69 Å². The fourth-order valence-electron chi connectivity index (χ4n) is 1.76. The highest BCUT2D eigenvalue weighted by atomic mass is 32.2. The molecule has 2 aromatic rings. The third-order valence-corrected chi connectivity index (χ3v) is 4.01. The Morgan fingerprint density at radius 1 is 1.06 bits per heavy atom. The van der Waals surface area contributed by atoms with E-state index in [2.05, 4.69) is 4.72 Å². The van der Waals surface area contributed by atoms with Crippen LogP contribution in [0.4, 0.5) is 5.69 Å². The molecule has 3 N–H and O–H groups in total. The summed E-state index contributed by atoms with van der Waals surface area (Å²) in [5.41, 5.74) is 5.90. The molecule has 0 saturated carbocycles. The molecular formula is C13H16N2O2S. The highest BCUT2D eigenvalue weighted by Crippen LogP contribution is 2.19. The number of hydrogen-bond acceptors (Lipinski definition) is 3. The van der Waals surface area contributed by atoms with E-state index in [0.717, 1.165) is 10.8 Å². The molecule has 0 fully saturated rings. The first kappa shape index (κ1) is 12.9. The van der Waals surface area contributed by atoms with Gasteiger partial charge in [-0.15, -0.1) is 0 Å². The van der Waals surface area contributed by atoms with E-state index < -0.39 is 10.0 Å². The van der Waals surface area contributed by atoms with Gasteiger partial charge >= 0.3 is 0 Å². The lowest BCUT2D eigenvalue weighted by Gasteiger charge is -2.08. The van der Waals surface area contributed by atoms with Gasteiger partial charge in [-0.3, -0.25) is 4.72 Å². The lowest BCUT2D eigenvalue weighted by molar-refractivity contribution is 0.599. The highest BCUT2D eigenvalue weighted by Gasteiger charge is 2.09. The van der Waals surface area contributed by atoms with Crippen molar-refractivity contribution in [3.05, 3.63) is 42.5 Å². The summed E-state index contributed by atoms with van der Waals surface area (Å²) in [5, 5.41) is 2.10. The number of fused-ring (bicyclic) bond motifs is 1. The topological polar surface area (TPSA) is 72.2 Å². The van der Waals surface area contributed by atoms with Crippen LogP contribution >= 0.6 is 0 Å². The second kappa shape index (κ2) is 5.37. The van der Waals surface area contributed by atoms with Crippen molar-refractivity contribution >= 4 is 26.5 Å². The van der Waals surface area contributed by atoms with Crippen molar-refractivity contribution in [1.29, 1.82) is 0 Å². The minimum absolute atomic E-state index is 0.0519. The number of hydrogen-bond donors (Lipinski definition) is 2. The molecule has 0 bridgehead atoms. The van der Waals surface area contributed by atoms with Crippen molar-refractivity contribution in [2.45, 2.75) is 6.42 Å². The predicted octanol–water partition coefficient (Wildman–Crippen LogP) is 1.93. The summed E-state index contributed by atoms with van der Waals surface area (Å²) >= 11 is 0. The van der Waals surface area contributed by atoms with E-state index in [1.807, 2.05) is 36.4 Å². The third kappa shape index (κ3) is 3.21. The Balaban J connectivity index is 2.22. The fourth-order valence-corrected chi connectivity index (χ4v) is 2.89. The molecule has 2 aromatic carbocycles. The maximum absolute atomic E-state index is 11.7. The summed E-state index contributed by atoms with van der Waals surface area (Å²) < 4.78 is 26.0. The standard InChI is InChI=1S/C13H16N2O2S/c14-8-3-9-18(16,17)15-13-7-6-11-4-1-2-5-12(11)10-13/h1-2,4-7,10,15H,3,8-9,14H2. The van der Waals surface area contributed by atoms with Crippen LogP contribution in [-0.4, -0.2) is 20.7 Å². The maximum atomic E-state index is 11.7. The quantitative estimate of drug-likeness (QED) is 0.866. The zero-order valence-electron chi connectivity index (χ0n) is 9.96. The molecule has 96 valence electrons. The van der Waals surface area contributed by atoms with Gasteiger partial charge < -0.3 is 5.73 Å². The molecule has 0 radical (unpaired) electrons. The Morgan fingerprint density at radius 2 is 1.78 bits per heavy atom. The lowest BCUT2D eigenvalue weighted by atomic mass is 10.1. The Hall–Kier alpha value is -1.59. The Bertz CT molecular complexity index is 638. The van der Waals surface area contributed by atoms with Crippen LogP contribution < -0.4 is 10.5 Å². The number of nitrogens with two attached hydrogens (primary N) is 1. The zero-order valence-corrected chi connectivity index (χ0v) is 10.8. The van der Waals surface area contributed by atoms with Gasteiger partial charge in [0.25, 0.3) is 0 Å². The van der Waals surface area contributed by atoms with Crippen molar-refractivity contribution in [3.63, 3.8) is 0 Å². The van der Waals surface area contributed by atoms with Gasteiger partial charge in [0.05, 0.1) is 5.75 Å². The number of nitrogens with one attached hydrogen (secondary N) is 1. The first-order valence-electron chi connectivity index (χ1n) is 5.80. The molecule has 0 aliphatic heterocycles. The van der Waals surface area contributed by atoms with E-state index in [0.29, 0.717) is 18.7 Å². The number of anilines is 1. The molecule has 0 aliphatic carbocycles. The molecular weight excluding hydrogens is 248 g/mol. The van der Waals surface area contributed by atoms with Gasteiger partial charge in [0.1, 0.15) is 0 Å². The van der Waals surface area contributed by atoms with Crippen molar-refractivity contribution in [1.82, 2.24) is 0 Å². The summed E-state index contributed by atoms with van der Waals surface area (Å²) in [6.45, 7) is 0.374. The Morgan fingerprint density at radius 3 is 2.50 bits per heavy atom. The van der Waals surface area contributed by atoms with Gasteiger partial charge in [-0.2, -0.15) is 0 Å². The first-order chi connectivity index (χ1) is 8.61. The Labute approximate surface area is 107 Å². The summed E-state index contributed by atoms with van der Waals surface area (Å²) in [4.78, 5) is 0. The molecule has 0 spiro atoms.